The van der Waals surface area contributed by atoms with Gasteiger partial charge in [0.05, 0.1) is 6.61 Å². The third kappa shape index (κ3) is 4.14. The second kappa shape index (κ2) is 7.80. The van der Waals surface area contributed by atoms with Crippen LogP contribution in [0.5, 0.6) is 5.88 Å². The first-order valence-electron chi connectivity index (χ1n) is 6.86. The minimum Gasteiger partial charge on any atom is -0.477 e. The number of nitrogens with one attached hydrogen (secondary N) is 1. The molecule has 2 heterocycles. The highest BCUT2D eigenvalue weighted by Gasteiger charge is 2.07. The minimum atomic E-state index is 0.273. The van der Waals surface area contributed by atoms with Crippen molar-refractivity contribution >= 4 is 5.82 Å². The number of unbranched alkanes of at least 4 members (excludes halogenated alkanes) is 1. The molecule has 2 rings (SSSR count). The Morgan fingerprint density at radius 3 is 2.90 bits per heavy atom. The Hall–Kier alpha value is -2.68. The van der Waals surface area contributed by atoms with Gasteiger partial charge in [-0.2, -0.15) is 5.26 Å². The summed E-state index contributed by atoms with van der Waals surface area (Å²) >= 11 is 0. The highest BCUT2D eigenvalue weighted by atomic mass is 16.5. The van der Waals surface area contributed by atoms with E-state index in [0.717, 1.165) is 18.4 Å². The smallest absolute Gasteiger partial charge is 0.218 e. The van der Waals surface area contributed by atoms with Gasteiger partial charge in [-0.3, -0.25) is 0 Å². The molecule has 0 aliphatic rings. The molecular formula is C15H17N5O. The van der Waals surface area contributed by atoms with Gasteiger partial charge in [-0.1, -0.05) is 19.4 Å². The van der Waals surface area contributed by atoms with Crippen molar-refractivity contribution < 1.29 is 4.74 Å². The standard InChI is InChI=1S/C15H17N5O/c1-2-3-9-21-15-12(5-4-6-19-15)11-20-14-13(10-16)17-7-8-18-14/h4-8H,2-3,9,11H2,1H3,(H,18,20). The molecule has 0 saturated heterocycles. The fraction of sp³-hybridized carbons (Fsp3) is 0.333. The Balaban J connectivity index is 2.04. The summed E-state index contributed by atoms with van der Waals surface area (Å²) in [6.45, 7) is 3.24. The lowest BCUT2D eigenvalue weighted by Gasteiger charge is -2.11. The lowest BCUT2D eigenvalue weighted by atomic mass is 10.2. The predicted molar refractivity (Wildman–Crippen MR) is 78.7 cm³/mol. The Labute approximate surface area is 123 Å². The maximum absolute atomic E-state index is 8.98. The summed E-state index contributed by atoms with van der Waals surface area (Å²) in [4.78, 5) is 12.3. The number of aromatic nitrogens is 3. The molecule has 0 atom stereocenters. The van der Waals surface area contributed by atoms with E-state index in [1.165, 1.54) is 6.20 Å². The second-order valence-corrected chi connectivity index (χ2v) is 4.39. The van der Waals surface area contributed by atoms with Gasteiger partial charge in [0.1, 0.15) is 6.07 Å². The number of nitriles is 1. The molecule has 0 radical (unpaired) electrons. The summed E-state index contributed by atoms with van der Waals surface area (Å²) in [6, 6.07) is 5.79. The average Bonchev–Trinajstić information content (AvgIpc) is 2.54. The maximum Gasteiger partial charge on any atom is 0.218 e. The predicted octanol–water partition coefficient (Wildman–Crippen LogP) is 2.53. The van der Waals surface area contributed by atoms with Crippen molar-refractivity contribution in [2.45, 2.75) is 26.3 Å². The van der Waals surface area contributed by atoms with Crippen LogP contribution in [-0.4, -0.2) is 21.6 Å². The van der Waals surface area contributed by atoms with Crippen LogP contribution in [0.3, 0.4) is 0 Å². The molecule has 0 saturated carbocycles. The number of anilines is 1. The summed E-state index contributed by atoms with van der Waals surface area (Å²) < 4.78 is 5.67. The van der Waals surface area contributed by atoms with E-state index in [1.54, 1.807) is 12.4 Å². The molecule has 6 nitrogen and oxygen atoms in total. The molecule has 108 valence electrons. The molecule has 0 aromatic carbocycles. The van der Waals surface area contributed by atoms with Gasteiger partial charge in [0, 0.05) is 30.7 Å². The van der Waals surface area contributed by atoms with Crippen LogP contribution < -0.4 is 10.1 Å². The number of hydrogen-bond donors (Lipinski definition) is 1. The van der Waals surface area contributed by atoms with Crippen molar-refractivity contribution in [2.24, 2.45) is 0 Å². The molecule has 0 bridgehead atoms. The van der Waals surface area contributed by atoms with Crippen LogP contribution >= 0.6 is 0 Å². The third-order valence-electron chi connectivity index (χ3n) is 2.84. The molecule has 6 heteroatoms. The Morgan fingerprint density at radius 1 is 1.24 bits per heavy atom. The van der Waals surface area contributed by atoms with Gasteiger partial charge in [0.2, 0.25) is 5.88 Å². The molecule has 21 heavy (non-hydrogen) atoms. The SMILES string of the molecule is CCCCOc1ncccc1CNc1nccnc1C#N. The van der Waals surface area contributed by atoms with Gasteiger partial charge in [0.15, 0.2) is 11.5 Å². The first-order valence-corrected chi connectivity index (χ1v) is 6.86. The molecule has 0 aliphatic carbocycles. The minimum absolute atomic E-state index is 0.273. The van der Waals surface area contributed by atoms with E-state index in [1.807, 2.05) is 18.2 Å². The van der Waals surface area contributed by atoms with Crippen molar-refractivity contribution in [1.29, 1.82) is 5.26 Å². The van der Waals surface area contributed by atoms with Crippen LogP contribution in [0.4, 0.5) is 5.82 Å². The molecule has 0 fully saturated rings. The molecule has 0 unspecified atom stereocenters. The zero-order valence-electron chi connectivity index (χ0n) is 11.9. The lowest BCUT2D eigenvalue weighted by molar-refractivity contribution is 0.295. The fourth-order valence-corrected chi connectivity index (χ4v) is 1.73. The van der Waals surface area contributed by atoms with E-state index in [-0.39, 0.29) is 5.69 Å². The van der Waals surface area contributed by atoms with E-state index in [4.69, 9.17) is 10.00 Å². The van der Waals surface area contributed by atoms with Crippen molar-refractivity contribution in [3.05, 3.63) is 42.0 Å². The Bertz CT molecular complexity index is 623. The average molecular weight is 283 g/mol. The summed E-state index contributed by atoms with van der Waals surface area (Å²) in [5.41, 5.74) is 1.19. The molecule has 2 aromatic heterocycles. The highest BCUT2D eigenvalue weighted by molar-refractivity contribution is 5.47. The molecule has 0 aliphatic heterocycles. The van der Waals surface area contributed by atoms with Crippen molar-refractivity contribution in [1.82, 2.24) is 15.0 Å². The van der Waals surface area contributed by atoms with Crippen LogP contribution in [0.1, 0.15) is 31.0 Å². The molecular weight excluding hydrogens is 266 g/mol. The zero-order chi connectivity index (χ0) is 14.9. The zero-order valence-corrected chi connectivity index (χ0v) is 11.9. The van der Waals surface area contributed by atoms with Crippen LogP contribution in [0.2, 0.25) is 0 Å². The number of rotatable bonds is 7. The maximum atomic E-state index is 8.98. The normalized spacial score (nSPS) is 9.90. The highest BCUT2D eigenvalue weighted by Crippen LogP contribution is 2.17. The van der Waals surface area contributed by atoms with Crippen molar-refractivity contribution in [3.8, 4) is 11.9 Å². The van der Waals surface area contributed by atoms with Crippen LogP contribution in [0, 0.1) is 11.3 Å². The summed E-state index contributed by atoms with van der Waals surface area (Å²) in [5.74, 6) is 1.07. The van der Waals surface area contributed by atoms with Gasteiger partial charge in [0.25, 0.3) is 0 Å². The third-order valence-corrected chi connectivity index (χ3v) is 2.84. The number of pyridine rings is 1. The monoisotopic (exact) mass is 283 g/mol. The van der Waals surface area contributed by atoms with Crippen LogP contribution in [-0.2, 0) is 6.54 Å². The number of nitrogens with zero attached hydrogens (tertiary/aromatic N) is 4. The summed E-state index contributed by atoms with van der Waals surface area (Å²) in [7, 11) is 0. The van der Waals surface area contributed by atoms with Gasteiger partial charge >= 0.3 is 0 Å². The first-order chi connectivity index (χ1) is 10.3. The molecule has 0 amide bonds. The largest absolute Gasteiger partial charge is 0.477 e. The van der Waals surface area contributed by atoms with E-state index < -0.39 is 0 Å². The number of hydrogen-bond acceptors (Lipinski definition) is 6. The van der Waals surface area contributed by atoms with Crippen molar-refractivity contribution in [2.75, 3.05) is 11.9 Å². The fourth-order valence-electron chi connectivity index (χ4n) is 1.73. The van der Waals surface area contributed by atoms with Gasteiger partial charge < -0.3 is 10.1 Å². The molecule has 0 spiro atoms. The Kier molecular flexibility index (Phi) is 5.47. The van der Waals surface area contributed by atoms with E-state index in [2.05, 4.69) is 27.2 Å². The topological polar surface area (TPSA) is 83.7 Å². The van der Waals surface area contributed by atoms with E-state index in [9.17, 15) is 0 Å². The lowest BCUT2D eigenvalue weighted by Crippen LogP contribution is -2.08. The molecule has 2 aromatic rings. The summed E-state index contributed by atoms with van der Waals surface area (Å²) in [5, 5.41) is 12.1. The van der Waals surface area contributed by atoms with E-state index in [0.29, 0.717) is 24.8 Å². The molecule has 1 N–H and O–H groups in total. The van der Waals surface area contributed by atoms with Gasteiger partial charge in [-0.05, 0) is 12.5 Å². The van der Waals surface area contributed by atoms with Crippen LogP contribution in [0.15, 0.2) is 30.7 Å². The van der Waals surface area contributed by atoms with Crippen molar-refractivity contribution in [3.63, 3.8) is 0 Å². The summed E-state index contributed by atoms with van der Waals surface area (Å²) in [6.07, 6.45) is 6.81. The second-order valence-electron chi connectivity index (χ2n) is 4.39. The Morgan fingerprint density at radius 2 is 2.10 bits per heavy atom. The number of ether oxygens (including phenoxy) is 1. The quantitative estimate of drug-likeness (QED) is 0.786. The van der Waals surface area contributed by atoms with Crippen LogP contribution in [0.25, 0.3) is 0 Å². The first kappa shape index (κ1) is 14.7. The van der Waals surface area contributed by atoms with Gasteiger partial charge in [-0.25, -0.2) is 15.0 Å². The van der Waals surface area contributed by atoms with E-state index >= 15 is 0 Å². The van der Waals surface area contributed by atoms with Gasteiger partial charge in [-0.15, -0.1) is 0 Å².